The first-order valence-electron chi connectivity index (χ1n) is 8.20. The molecule has 2 rings (SSSR count). The number of carbonyl (C=O) groups excluding carboxylic acids is 1. The predicted molar refractivity (Wildman–Crippen MR) is 95.6 cm³/mol. The number of ether oxygens (including phenoxy) is 1. The highest BCUT2D eigenvalue weighted by atomic mass is 19.3. The van der Waals surface area contributed by atoms with E-state index in [2.05, 4.69) is 5.32 Å². The van der Waals surface area contributed by atoms with Crippen LogP contribution >= 0.6 is 0 Å². The zero-order valence-corrected chi connectivity index (χ0v) is 14.9. The molecule has 1 amide bonds. The van der Waals surface area contributed by atoms with Gasteiger partial charge >= 0.3 is 0 Å². The molecule has 2 atom stereocenters. The van der Waals surface area contributed by atoms with Crippen LogP contribution in [0.1, 0.15) is 12.5 Å². The highest BCUT2D eigenvalue weighted by Gasteiger charge is 2.44. The molecule has 27 heavy (non-hydrogen) atoms. The number of hydrogen-bond donors (Lipinski definition) is 4. The second-order valence-corrected chi connectivity index (χ2v) is 6.24. The summed E-state index contributed by atoms with van der Waals surface area (Å²) in [4.78, 5) is 11.6. The van der Waals surface area contributed by atoms with E-state index in [-0.39, 0.29) is 6.54 Å². The number of carbonyl (C=O) groups is 1. The molecule has 0 bridgehead atoms. The van der Waals surface area contributed by atoms with E-state index in [9.17, 15) is 18.7 Å². The van der Waals surface area contributed by atoms with E-state index in [1.54, 1.807) is 19.2 Å². The van der Waals surface area contributed by atoms with Gasteiger partial charge in [-0.1, -0.05) is 36.4 Å². The minimum Gasteiger partial charge on any atom is -0.497 e. The molecule has 2 unspecified atom stereocenters. The van der Waals surface area contributed by atoms with Crippen LogP contribution in [0, 0.1) is 0 Å². The van der Waals surface area contributed by atoms with Gasteiger partial charge < -0.3 is 9.84 Å². The van der Waals surface area contributed by atoms with Crippen LogP contribution in [0.25, 0.3) is 11.1 Å². The molecule has 0 aliphatic rings. The van der Waals surface area contributed by atoms with Gasteiger partial charge in [0.2, 0.25) is 0 Å². The number of halogens is 2. The summed E-state index contributed by atoms with van der Waals surface area (Å²) in [6, 6.07) is 13.1. The average molecular weight is 380 g/mol. The smallest absolute Gasteiger partial charge is 0.268 e. The van der Waals surface area contributed by atoms with Gasteiger partial charge in [-0.2, -0.15) is 0 Å². The summed E-state index contributed by atoms with van der Waals surface area (Å²) >= 11 is 0. The maximum atomic E-state index is 13.0. The Morgan fingerprint density at radius 2 is 1.63 bits per heavy atom. The van der Waals surface area contributed by atoms with Gasteiger partial charge in [0.05, 0.1) is 7.11 Å². The zero-order valence-electron chi connectivity index (χ0n) is 14.9. The molecular weight excluding hydrogens is 358 g/mol. The van der Waals surface area contributed by atoms with Gasteiger partial charge in [0.25, 0.3) is 12.3 Å². The summed E-state index contributed by atoms with van der Waals surface area (Å²) in [5.74, 6) is -0.394. The van der Waals surface area contributed by atoms with Crippen molar-refractivity contribution in [3.05, 3.63) is 54.1 Å². The number of aliphatic hydroxyl groups is 1. The van der Waals surface area contributed by atoms with Crippen LogP contribution in [0.5, 0.6) is 5.75 Å². The van der Waals surface area contributed by atoms with Gasteiger partial charge in [-0.3, -0.25) is 15.3 Å². The van der Waals surface area contributed by atoms with Crippen molar-refractivity contribution in [3.8, 4) is 16.9 Å². The lowest BCUT2D eigenvalue weighted by Gasteiger charge is -2.31. The van der Waals surface area contributed by atoms with Crippen LogP contribution in [0.4, 0.5) is 8.78 Å². The van der Waals surface area contributed by atoms with E-state index in [0.717, 1.165) is 23.8 Å². The second kappa shape index (κ2) is 8.90. The minimum atomic E-state index is -3.18. The van der Waals surface area contributed by atoms with Crippen LogP contribution in [0.3, 0.4) is 0 Å². The number of amides is 1. The Morgan fingerprint density at radius 3 is 2.07 bits per heavy atom. The highest BCUT2D eigenvalue weighted by Crippen LogP contribution is 2.23. The van der Waals surface area contributed by atoms with Crippen LogP contribution < -0.4 is 15.5 Å². The molecular formula is C19H22F2N2O4. The number of benzene rings is 2. The third-order valence-electron chi connectivity index (χ3n) is 4.29. The quantitative estimate of drug-likeness (QED) is 0.417. The average Bonchev–Trinajstić information content (AvgIpc) is 2.68. The standard InChI is InChI=1S/C19H22F2N2O4/c1-19(25,18(20)21)16(17(24)23-26)22-11-12-3-5-13(6-4-12)14-7-9-15(27-2)10-8-14/h3-10,16,18,22,25-26H,11H2,1-2H3,(H,23,24). The SMILES string of the molecule is COc1ccc(-c2ccc(CNC(C(=O)NO)C(C)(O)C(F)F)cc2)cc1. The molecule has 146 valence electrons. The maximum absolute atomic E-state index is 13.0. The van der Waals surface area contributed by atoms with Gasteiger partial charge in [0, 0.05) is 6.54 Å². The third kappa shape index (κ3) is 5.00. The molecule has 0 aliphatic heterocycles. The van der Waals surface area contributed by atoms with Gasteiger partial charge in [0.1, 0.15) is 17.4 Å². The van der Waals surface area contributed by atoms with Crippen molar-refractivity contribution in [2.24, 2.45) is 0 Å². The molecule has 0 aliphatic carbocycles. The van der Waals surface area contributed by atoms with Gasteiger partial charge in [-0.05, 0) is 35.7 Å². The van der Waals surface area contributed by atoms with E-state index >= 15 is 0 Å². The molecule has 6 nitrogen and oxygen atoms in total. The number of hydrogen-bond acceptors (Lipinski definition) is 5. The highest BCUT2D eigenvalue weighted by molar-refractivity contribution is 5.82. The summed E-state index contributed by atoms with van der Waals surface area (Å²) in [7, 11) is 1.59. The molecule has 0 fully saturated rings. The lowest BCUT2D eigenvalue weighted by molar-refractivity contribution is -0.150. The molecule has 0 saturated heterocycles. The Labute approximate surface area is 155 Å². The van der Waals surface area contributed by atoms with Gasteiger partial charge in [-0.15, -0.1) is 0 Å². The summed E-state index contributed by atoms with van der Waals surface area (Å²) in [5.41, 5.74) is 1.30. The molecule has 0 spiro atoms. The topological polar surface area (TPSA) is 90.8 Å². The van der Waals surface area contributed by atoms with Crippen LogP contribution in [0.2, 0.25) is 0 Å². The molecule has 8 heteroatoms. The molecule has 4 N–H and O–H groups in total. The number of methoxy groups -OCH3 is 1. The zero-order chi connectivity index (χ0) is 20.0. The normalized spacial score (nSPS) is 14.5. The Kier molecular flexibility index (Phi) is 6.84. The van der Waals surface area contributed by atoms with Gasteiger partial charge in [-0.25, -0.2) is 14.3 Å². The largest absolute Gasteiger partial charge is 0.497 e. The van der Waals surface area contributed by atoms with Crippen LogP contribution in [0.15, 0.2) is 48.5 Å². The van der Waals surface area contributed by atoms with E-state index in [1.165, 1.54) is 5.48 Å². The van der Waals surface area contributed by atoms with Crippen molar-refractivity contribution >= 4 is 5.91 Å². The van der Waals surface area contributed by atoms with E-state index in [0.29, 0.717) is 5.56 Å². The minimum absolute atomic E-state index is 0.0455. The van der Waals surface area contributed by atoms with Crippen molar-refractivity contribution in [1.82, 2.24) is 10.8 Å². The van der Waals surface area contributed by atoms with Crippen LogP contribution in [-0.2, 0) is 11.3 Å². The molecule has 2 aromatic rings. The number of alkyl halides is 2. The number of nitrogens with one attached hydrogen (secondary N) is 2. The number of rotatable bonds is 8. The molecule has 0 aromatic heterocycles. The van der Waals surface area contributed by atoms with E-state index in [1.807, 2.05) is 36.4 Å². The monoisotopic (exact) mass is 380 g/mol. The summed E-state index contributed by atoms with van der Waals surface area (Å²) in [6.07, 6.45) is -3.18. The Bertz CT molecular complexity index is 749. The molecule has 2 aromatic carbocycles. The lowest BCUT2D eigenvalue weighted by Crippen LogP contribution is -2.60. The molecule has 0 radical (unpaired) electrons. The summed E-state index contributed by atoms with van der Waals surface area (Å²) in [6.45, 7) is 0.876. The van der Waals surface area contributed by atoms with Crippen LogP contribution in [-0.4, -0.2) is 41.4 Å². The van der Waals surface area contributed by atoms with Gasteiger partial charge in [0.15, 0.2) is 0 Å². The number of hydroxylamine groups is 1. The third-order valence-corrected chi connectivity index (χ3v) is 4.29. The Hall–Kier alpha value is -2.55. The summed E-state index contributed by atoms with van der Waals surface area (Å²) < 4.78 is 31.2. The van der Waals surface area contributed by atoms with Crippen molar-refractivity contribution in [2.75, 3.05) is 7.11 Å². The second-order valence-electron chi connectivity index (χ2n) is 6.24. The first kappa shape index (κ1) is 20.8. The van der Waals surface area contributed by atoms with E-state index < -0.39 is 24.0 Å². The van der Waals surface area contributed by atoms with Crippen molar-refractivity contribution in [2.45, 2.75) is 31.5 Å². The van der Waals surface area contributed by atoms with E-state index in [4.69, 9.17) is 9.94 Å². The molecule has 0 heterocycles. The maximum Gasteiger partial charge on any atom is 0.268 e. The summed E-state index contributed by atoms with van der Waals surface area (Å²) in [5, 5.41) is 21.2. The Morgan fingerprint density at radius 1 is 1.11 bits per heavy atom. The van der Waals surface area contributed by atoms with Crippen molar-refractivity contribution < 1.29 is 28.6 Å². The fourth-order valence-electron chi connectivity index (χ4n) is 2.57. The first-order valence-corrected chi connectivity index (χ1v) is 8.20. The fourth-order valence-corrected chi connectivity index (χ4v) is 2.57. The van der Waals surface area contributed by atoms with Crippen molar-refractivity contribution in [3.63, 3.8) is 0 Å². The predicted octanol–water partition coefficient (Wildman–Crippen LogP) is 2.34. The molecule has 0 saturated carbocycles. The fraction of sp³-hybridized carbons (Fsp3) is 0.316. The Balaban J connectivity index is 2.09. The van der Waals surface area contributed by atoms with Crippen molar-refractivity contribution in [1.29, 1.82) is 0 Å². The first-order chi connectivity index (χ1) is 12.8. The lowest BCUT2D eigenvalue weighted by atomic mass is 9.95.